The fourth-order valence-electron chi connectivity index (χ4n) is 4.75. The summed E-state index contributed by atoms with van der Waals surface area (Å²) in [7, 11) is 6.61. The van der Waals surface area contributed by atoms with E-state index < -0.39 is 6.10 Å². The van der Waals surface area contributed by atoms with E-state index in [0.717, 1.165) is 41.7 Å². The molecule has 0 bridgehead atoms. The van der Waals surface area contributed by atoms with E-state index in [1.807, 2.05) is 60.7 Å². The van der Waals surface area contributed by atoms with Gasteiger partial charge in [-0.15, -0.1) is 0 Å². The maximum atomic E-state index is 13.0. The van der Waals surface area contributed by atoms with Crippen molar-refractivity contribution in [2.45, 2.75) is 19.4 Å². The van der Waals surface area contributed by atoms with E-state index in [2.05, 4.69) is 11.8 Å². The van der Waals surface area contributed by atoms with E-state index in [0.29, 0.717) is 34.9 Å². The molecule has 8 heteroatoms. The number of aliphatic hydroxyl groups excluding tert-OH is 1. The van der Waals surface area contributed by atoms with Crippen molar-refractivity contribution in [3.63, 3.8) is 0 Å². The summed E-state index contributed by atoms with van der Waals surface area (Å²) in [4.78, 5) is 15.2. The average molecular weight is 547 g/mol. The molecule has 4 rings (SSSR count). The van der Waals surface area contributed by atoms with Crippen LogP contribution in [0.4, 0.5) is 0 Å². The predicted molar refractivity (Wildman–Crippen MR) is 158 cm³/mol. The van der Waals surface area contributed by atoms with Crippen molar-refractivity contribution in [2.24, 2.45) is 7.05 Å². The molecule has 0 saturated heterocycles. The second-order valence-corrected chi connectivity index (χ2v) is 9.67. The fourth-order valence-corrected chi connectivity index (χ4v) is 4.75. The van der Waals surface area contributed by atoms with Gasteiger partial charge in [0.05, 0.1) is 32.4 Å². The lowest BCUT2D eigenvalue weighted by Gasteiger charge is -2.24. The molecule has 0 fully saturated rings. The van der Waals surface area contributed by atoms with Gasteiger partial charge in [0.25, 0.3) is 5.56 Å². The zero-order chi connectivity index (χ0) is 28.6. The SMILES string of the molecule is CCN(CCc1ccc(OC)c(OC)c1)CC(O)COc1ccc(-c2cc3ccc(OC)cc3c(=O)n2C)cc1. The minimum absolute atomic E-state index is 0.0820. The van der Waals surface area contributed by atoms with E-state index in [1.54, 1.807) is 39.0 Å². The Bertz CT molecular complexity index is 1480. The number of rotatable bonds is 13. The Balaban J connectivity index is 1.34. The number of aliphatic hydroxyl groups is 1. The predicted octanol–water partition coefficient (Wildman–Crippen LogP) is 4.54. The number of hydrogen-bond donors (Lipinski definition) is 1. The smallest absolute Gasteiger partial charge is 0.258 e. The Morgan fingerprint density at radius 1 is 0.875 bits per heavy atom. The molecular weight excluding hydrogens is 508 g/mol. The van der Waals surface area contributed by atoms with Crippen molar-refractivity contribution in [2.75, 3.05) is 47.6 Å². The van der Waals surface area contributed by atoms with Gasteiger partial charge in [0.15, 0.2) is 11.5 Å². The van der Waals surface area contributed by atoms with Crippen molar-refractivity contribution in [3.05, 3.63) is 82.6 Å². The first-order valence-electron chi connectivity index (χ1n) is 13.4. The number of pyridine rings is 1. The maximum Gasteiger partial charge on any atom is 0.258 e. The molecule has 1 unspecified atom stereocenters. The van der Waals surface area contributed by atoms with E-state index in [4.69, 9.17) is 18.9 Å². The van der Waals surface area contributed by atoms with Gasteiger partial charge in [-0.3, -0.25) is 4.79 Å². The number of aromatic nitrogens is 1. The molecule has 1 aromatic heterocycles. The lowest BCUT2D eigenvalue weighted by atomic mass is 10.1. The molecule has 4 aromatic rings. The second kappa shape index (κ2) is 13.4. The summed E-state index contributed by atoms with van der Waals surface area (Å²) in [6.07, 6.45) is 0.192. The molecular formula is C32H38N2O6. The largest absolute Gasteiger partial charge is 0.497 e. The zero-order valence-corrected chi connectivity index (χ0v) is 23.8. The molecule has 0 spiro atoms. The van der Waals surface area contributed by atoms with E-state index in [9.17, 15) is 9.90 Å². The molecule has 8 nitrogen and oxygen atoms in total. The van der Waals surface area contributed by atoms with Gasteiger partial charge in [-0.1, -0.05) is 19.1 Å². The van der Waals surface area contributed by atoms with Gasteiger partial charge in [-0.2, -0.15) is 0 Å². The van der Waals surface area contributed by atoms with Crippen molar-refractivity contribution < 1.29 is 24.1 Å². The Morgan fingerprint density at radius 2 is 1.60 bits per heavy atom. The van der Waals surface area contributed by atoms with Crippen molar-refractivity contribution >= 4 is 10.8 Å². The summed E-state index contributed by atoms with van der Waals surface area (Å²) in [5.41, 5.74) is 2.77. The lowest BCUT2D eigenvalue weighted by molar-refractivity contribution is 0.0702. The Hall–Kier alpha value is -4.01. The molecule has 0 saturated carbocycles. The molecule has 0 aliphatic carbocycles. The molecule has 0 radical (unpaired) electrons. The Labute approximate surface area is 235 Å². The summed E-state index contributed by atoms with van der Waals surface area (Å²) in [6, 6.07) is 21.0. The monoisotopic (exact) mass is 546 g/mol. The number of nitrogens with zero attached hydrogens (tertiary/aromatic N) is 2. The minimum atomic E-state index is -0.636. The first-order valence-corrected chi connectivity index (χ1v) is 13.4. The first-order chi connectivity index (χ1) is 19.4. The summed E-state index contributed by atoms with van der Waals surface area (Å²) in [5, 5.41) is 12.1. The highest BCUT2D eigenvalue weighted by Crippen LogP contribution is 2.28. The molecule has 1 atom stereocenters. The van der Waals surface area contributed by atoms with Gasteiger partial charge >= 0.3 is 0 Å². The number of benzene rings is 3. The molecule has 212 valence electrons. The summed E-state index contributed by atoms with van der Waals surface area (Å²) in [5.74, 6) is 2.74. The van der Waals surface area contributed by atoms with Gasteiger partial charge in [0.2, 0.25) is 0 Å². The first kappa shape index (κ1) is 29.0. The van der Waals surface area contributed by atoms with Crippen LogP contribution in [0.2, 0.25) is 0 Å². The topological polar surface area (TPSA) is 82.4 Å². The maximum absolute atomic E-state index is 13.0. The molecule has 3 aromatic carbocycles. The van der Waals surface area contributed by atoms with Crippen LogP contribution in [0, 0.1) is 0 Å². The van der Waals surface area contributed by atoms with Crippen LogP contribution in [0.15, 0.2) is 71.5 Å². The Kier molecular flexibility index (Phi) is 9.69. The molecule has 0 aliphatic rings. The van der Waals surface area contributed by atoms with Crippen LogP contribution in [0.3, 0.4) is 0 Å². The van der Waals surface area contributed by atoms with Crippen LogP contribution in [-0.4, -0.2) is 68.2 Å². The number of methoxy groups -OCH3 is 3. The van der Waals surface area contributed by atoms with Gasteiger partial charge in [0.1, 0.15) is 24.2 Å². The van der Waals surface area contributed by atoms with Crippen molar-refractivity contribution in [1.29, 1.82) is 0 Å². The fraction of sp³-hybridized carbons (Fsp3) is 0.344. The molecule has 40 heavy (non-hydrogen) atoms. The number of ether oxygens (including phenoxy) is 4. The minimum Gasteiger partial charge on any atom is -0.497 e. The van der Waals surface area contributed by atoms with Crippen LogP contribution < -0.4 is 24.5 Å². The van der Waals surface area contributed by atoms with Crippen LogP contribution in [0.25, 0.3) is 22.0 Å². The van der Waals surface area contributed by atoms with E-state index in [1.165, 1.54) is 0 Å². The van der Waals surface area contributed by atoms with Crippen LogP contribution >= 0.6 is 0 Å². The van der Waals surface area contributed by atoms with Gasteiger partial charge in [0, 0.05) is 20.1 Å². The molecule has 0 aliphatic heterocycles. The average Bonchev–Trinajstić information content (AvgIpc) is 2.99. The highest BCUT2D eigenvalue weighted by Gasteiger charge is 2.14. The van der Waals surface area contributed by atoms with Gasteiger partial charge in [-0.25, -0.2) is 0 Å². The van der Waals surface area contributed by atoms with E-state index >= 15 is 0 Å². The van der Waals surface area contributed by atoms with Gasteiger partial charge < -0.3 is 33.5 Å². The van der Waals surface area contributed by atoms with Crippen molar-refractivity contribution in [3.8, 4) is 34.3 Å². The summed E-state index contributed by atoms with van der Waals surface area (Å²) >= 11 is 0. The lowest BCUT2D eigenvalue weighted by Crippen LogP contribution is -2.36. The molecule has 1 N–H and O–H groups in total. The van der Waals surface area contributed by atoms with Crippen LogP contribution in [0.5, 0.6) is 23.0 Å². The number of fused-ring (bicyclic) bond motifs is 1. The van der Waals surface area contributed by atoms with Crippen LogP contribution in [-0.2, 0) is 13.5 Å². The number of hydrogen-bond acceptors (Lipinski definition) is 7. The summed E-state index contributed by atoms with van der Waals surface area (Å²) < 4.78 is 23.5. The normalized spacial score (nSPS) is 12.0. The third kappa shape index (κ3) is 6.76. The van der Waals surface area contributed by atoms with Crippen LogP contribution in [0.1, 0.15) is 12.5 Å². The second-order valence-electron chi connectivity index (χ2n) is 9.67. The van der Waals surface area contributed by atoms with E-state index in [-0.39, 0.29) is 12.2 Å². The Morgan fingerprint density at radius 3 is 2.27 bits per heavy atom. The molecule has 0 amide bonds. The quantitative estimate of drug-likeness (QED) is 0.264. The standard InChI is InChI=1S/C32H38N2O6/c1-6-34(16-15-22-7-14-30(38-4)31(17-22)39-5)20-25(35)21-40-26-11-8-23(9-12-26)29-18-24-10-13-27(37-3)19-28(24)32(36)33(29)2/h7-14,17-19,25,35H,6,15-16,20-21H2,1-5H3. The zero-order valence-electron chi connectivity index (χ0n) is 23.8. The third-order valence-corrected chi connectivity index (χ3v) is 7.12. The third-order valence-electron chi connectivity index (χ3n) is 7.12. The van der Waals surface area contributed by atoms with Gasteiger partial charge in [-0.05, 0) is 84.1 Å². The number of likely N-dealkylation sites (N-methyl/N-ethyl adjacent to an activating group) is 1. The van der Waals surface area contributed by atoms with Crippen molar-refractivity contribution in [1.82, 2.24) is 9.47 Å². The molecule has 1 heterocycles. The highest BCUT2D eigenvalue weighted by molar-refractivity contribution is 5.86. The summed E-state index contributed by atoms with van der Waals surface area (Å²) in [6.45, 7) is 4.39. The highest BCUT2D eigenvalue weighted by atomic mass is 16.5.